The van der Waals surface area contributed by atoms with E-state index in [1.165, 1.54) is 18.2 Å². The van der Waals surface area contributed by atoms with Crippen LogP contribution in [0.15, 0.2) is 77.7 Å². The monoisotopic (exact) mass is 466 g/mol. The Kier molecular flexibility index (Phi) is 7.10. The van der Waals surface area contributed by atoms with E-state index in [1.54, 1.807) is 24.3 Å². The Morgan fingerprint density at radius 2 is 1.53 bits per heavy atom. The zero-order valence-corrected chi connectivity index (χ0v) is 17.8. The molecule has 1 amide bonds. The maximum Gasteiger partial charge on any atom is 0.242 e. The molecule has 0 heterocycles. The van der Waals surface area contributed by atoms with E-state index < -0.39 is 27.8 Å². The molecule has 3 aromatic rings. The molecule has 0 bridgehead atoms. The van der Waals surface area contributed by atoms with Crippen LogP contribution in [0.1, 0.15) is 5.56 Å². The molecule has 9 heteroatoms. The molecule has 3 rings (SSSR count). The summed E-state index contributed by atoms with van der Waals surface area (Å²) in [6, 6.07) is 16.7. The summed E-state index contributed by atoms with van der Waals surface area (Å²) in [5.74, 6) is -1.16. The van der Waals surface area contributed by atoms with E-state index >= 15 is 0 Å². The Balaban J connectivity index is 1.87. The SMILES string of the molecule is O=C(Nc1cc(Cl)cc(Cl)c1)[C@H](Cc1ccccc1)NS(=O)(=O)c1ccc(F)cc1. The molecule has 0 spiro atoms. The van der Waals surface area contributed by atoms with E-state index in [1.807, 2.05) is 6.07 Å². The predicted octanol–water partition coefficient (Wildman–Crippen LogP) is 4.66. The van der Waals surface area contributed by atoms with Gasteiger partial charge in [0, 0.05) is 15.7 Å². The fourth-order valence-corrected chi connectivity index (χ4v) is 4.48. The summed E-state index contributed by atoms with van der Waals surface area (Å²) >= 11 is 11.9. The van der Waals surface area contributed by atoms with Crippen molar-refractivity contribution in [1.29, 1.82) is 0 Å². The van der Waals surface area contributed by atoms with Crippen LogP contribution >= 0.6 is 23.2 Å². The topological polar surface area (TPSA) is 75.3 Å². The van der Waals surface area contributed by atoms with Crippen LogP contribution in [-0.4, -0.2) is 20.4 Å². The van der Waals surface area contributed by atoms with Gasteiger partial charge in [0.25, 0.3) is 0 Å². The maximum absolute atomic E-state index is 13.2. The highest BCUT2D eigenvalue weighted by molar-refractivity contribution is 7.89. The van der Waals surface area contributed by atoms with Crippen LogP contribution in [0.25, 0.3) is 0 Å². The number of hydrogen-bond donors (Lipinski definition) is 2. The summed E-state index contributed by atoms with van der Waals surface area (Å²) in [6.07, 6.45) is 0.0986. The molecule has 5 nitrogen and oxygen atoms in total. The average molecular weight is 467 g/mol. The van der Waals surface area contributed by atoms with Crippen LogP contribution < -0.4 is 10.0 Å². The third-order valence-corrected chi connectivity index (χ3v) is 6.07. The Labute approximate surface area is 183 Å². The predicted molar refractivity (Wildman–Crippen MR) is 116 cm³/mol. The zero-order chi connectivity index (χ0) is 21.7. The molecule has 0 saturated heterocycles. The number of halogens is 3. The minimum atomic E-state index is -4.08. The van der Waals surface area contributed by atoms with Crippen molar-refractivity contribution in [3.05, 3.63) is 94.2 Å². The summed E-state index contributed by atoms with van der Waals surface area (Å²) in [7, 11) is -4.08. The summed E-state index contributed by atoms with van der Waals surface area (Å²) in [4.78, 5) is 12.8. The third-order valence-electron chi connectivity index (χ3n) is 4.15. The Morgan fingerprint density at radius 1 is 0.933 bits per heavy atom. The van der Waals surface area contributed by atoms with Crippen molar-refractivity contribution in [2.24, 2.45) is 0 Å². The number of hydrogen-bond acceptors (Lipinski definition) is 3. The summed E-state index contributed by atoms with van der Waals surface area (Å²) in [6.45, 7) is 0. The van der Waals surface area contributed by atoms with Crippen molar-refractivity contribution in [3.8, 4) is 0 Å². The Morgan fingerprint density at radius 3 is 2.13 bits per heavy atom. The lowest BCUT2D eigenvalue weighted by atomic mass is 10.1. The molecule has 1 atom stereocenters. The van der Waals surface area contributed by atoms with Gasteiger partial charge in [0.05, 0.1) is 4.90 Å². The molecule has 0 aromatic heterocycles. The summed E-state index contributed by atoms with van der Waals surface area (Å²) in [5.41, 5.74) is 1.08. The van der Waals surface area contributed by atoms with Crippen LogP contribution in [0.2, 0.25) is 10.0 Å². The number of sulfonamides is 1. The second-order valence-electron chi connectivity index (χ2n) is 6.46. The van der Waals surface area contributed by atoms with E-state index in [2.05, 4.69) is 10.0 Å². The maximum atomic E-state index is 13.2. The van der Waals surface area contributed by atoms with E-state index in [-0.39, 0.29) is 11.3 Å². The van der Waals surface area contributed by atoms with E-state index in [0.717, 1.165) is 29.8 Å². The fraction of sp³-hybridized carbons (Fsp3) is 0.0952. The van der Waals surface area contributed by atoms with Crippen molar-refractivity contribution in [1.82, 2.24) is 4.72 Å². The van der Waals surface area contributed by atoms with Crippen LogP contribution in [0.4, 0.5) is 10.1 Å². The molecule has 30 heavy (non-hydrogen) atoms. The number of rotatable bonds is 7. The summed E-state index contributed by atoms with van der Waals surface area (Å²) < 4.78 is 41.1. The number of nitrogens with one attached hydrogen (secondary N) is 2. The first-order chi connectivity index (χ1) is 14.2. The van der Waals surface area contributed by atoms with E-state index in [0.29, 0.717) is 15.7 Å². The first-order valence-electron chi connectivity index (χ1n) is 8.82. The largest absolute Gasteiger partial charge is 0.325 e. The van der Waals surface area contributed by atoms with Gasteiger partial charge in [-0.25, -0.2) is 12.8 Å². The molecule has 3 aromatic carbocycles. The van der Waals surface area contributed by atoms with Crippen molar-refractivity contribution in [2.45, 2.75) is 17.4 Å². The second kappa shape index (κ2) is 9.57. The van der Waals surface area contributed by atoms with Crippen molar-refractivity contribution in [2.75, 3.05) is 5.32 Å². The van der Waals surface area contributed by atoms with Gasteiger partial charge in [-0.15, -0.1) is 0 Å². The highest BCUT2D eigenvalue weighted by Gasteiger charge is 2.26. The van der Waals surface area contributed by atoms with E-state index in [4.69, 9.17) is 23.2 Å². The van der Waals surface area contributed by atoms with E-state index in [9.17, 15) is 17.6 Å². The first-order valence-corrected chi connectivity index (χ1v) is 11.1. The van der Waals surface area contributed by atoms with Crippen LogP contribution in [0.3, 0.4) is 0 Å². The fourth-order valence-electron chi connectivity index (χ4n) is 2.76. The van der Waals surface area contributed by atoms with Gasteiger partial charge in [-0.2, -0.15) is 4.72 Å². The molecular formula is C21H17Cl2FN2O3S. The first kappa shape index (κ1) is 22.2. The van der Waals surface area contributed by atoms with Gasteiger partial charge in [0.2, 0.25) is 15.9 Å². The normalized spacial score (nSPS) is 12.4. The lowest BCUT2D eigenvalue weighted by molar-refractivity contribution is -0.117. The minimum absolute atomic E-state index is 0.0986. The summed E-state index contributed by atoms with van der Waals surface area (Å²) in [5, 5.41) is 3.28. The number of anilines is 1. The molecule has 2 N–H and O–H groups in total. The number of benzene rings is 3. The Hall–Kier alpha value is -2.45. The smallest absolute Gasteiger partial charge is 0.242 e. The molecular weight excluding hydrogens is 450 g/mol. The van der Waals surface area contributed by atoms with Gasteiger partial charge < -0.3 is 5.32 Å². The van der Waals surface area contributed by atoms with Gasteiger partial charge >= 0.3 is 0 Å². The van der Waals surface area contributed by atoms with Crippen molar-refractivity contribution in [3.63, 3.8) is 0 Å². The van der Waals surface area contributed by atoms with Gasteiger partial charge in [-0.3, -0.25) is 4.79 Å². The molecule has 0 aliphatic carbocycles. The molecule has 0 aliphatic rings. The van der Waals surface area contributed by atoms with Gasteiger partial charge in [-0.1, -0.05) is 53.5 Å². The highest BCUT2D eigenvalue weighted by atomic mass is 35.5. The quantitative estimate of drug-likeness (QED) is 0.531. The molecule has 0 aliphatic heterocycles. The van der Waals surface area contributed by atoms with Crippen molar-refractivity contribution >= 4 is 44.8 Å². The van der Waals surface area contributed by atoms with Crippen molar-refractivity contribution < 1.29 is 17.6 Å². The molecule has 0 unspecified atom stereocenters. The van der Waals surface area contributed by atoms with Gasteiger partial charge in [-0.05, 0) is 54.4 Å². The third kappa shape index (κ3) is 6.03. The molecule has 0 saturated carbocycles. The minimum Gasteiger partial charge on any atom is -0.325 e. The van der Waals surface area contributed by atoms with Crippen LogP contribution in [0, 0.1) is 5.82 Å². The van der Waals surface area contributed by atoms with Crippen LogP contribution in [-0.2, 0) is 21.2 Å². The number of carbonyl (C=O) groups excluding carboxylic acids is 1. The molecule has 0 radical (unpaired) electrons. The molecule has 156 valence electrons. The Bertz CT molecular complexity index is 1120. The standard InChI is InChI=1S/C21H17Cl2FN2O3S/c22-15-11-16(23)13-18(12-15)25-21(27)20(10-14-4-2-1-3-5-14)26-30(28,29)19-8-6-17(24)7-9-19/h1-9,11-13,20,26H,10H2,(H,25,27)/t20-/m0/s1. The van der Waals surface area contributed by atoms with Gasteiger partial charge in [0.15, 0.2) is 0 Å². The number of amides is 1. The molecule has 0 fully saturated rings. The number of carbonyl (C=O) groups is 1. The zero-order valence-electron chi connectivity index (χ0n) is 15.5. The average Bonchev–Trinajstić information content (AvgIpc) is 2.67. The van der Waals surface area contributed by atoms with Gasteiger partial charge in [0.1, 0.15) is 11.9 Å². The highest BCUT2D eigenvalue weighted by Crippen LogP contribution is 2.23. The van der Waals surface area contributed by atoms with Crippen LogP contribution in [0.5, 0.6) is 0 Å². The second-order valence-corrected chi connectivity index (χ2v) is 9.05. The lowest BCUT2D eigenvalue weighted by Crippen LogP contribution is -2.45. The lowest BCUT2D eigenvalue weighted by Gasteiger charge is -2.19.